The number of hydrogen-bond acceptors (Lipinski definition) is 2. The van der Waals surface area contributed by atoms with Crippen molar-refractivity contribution in [3.05, 3.63) is 94.9 Å². The van der Waals surface area contributed by atoms with Gasteiger partial charge in [-0.05, 0) is 67.5 Å². The topological polar surface area (TPSA) is 25.8 Å². The minimum Gasteiger partial charge on any atom is -0.264 e. The summed E-state index contributed by atoms with van der Waals surface area (Å²) in [6, 6.07) is 19.8. The Morgan fingerprint density at radius 2 is 1.78 bits per heavy atom. The summed E-state index contributed by atoms with van der Waals surface area (Å²) in [5.41, 5.74) is 8.83. The van der Waals surface area contributed by atoms with E-state index in [2.05, 4.69) is 67.4 Å². The third kappa shape index (κ3) is 2.82. The molecule has 0 saturated carbocycles. The van der Waals surface area contributed by atoms with Gasteiger partial charge in [0.1, 0.15) is 0 Å². The summed E-state index contributed by atoms with van der Waals surface area (Å²) in [5, 5.41) is 2.53. The Bertz CT molecular complexity index is 1150. The first-order valence-electron chi connectivity index (χ1n) is 9.60. The van der Waals surface area contributed by atoms with E-state index in [4.69, 9.17) is 4.98 Å². The summed E-state index contributed by atoms with van der Waals surface area (Å²) < 4.78 is 0. The van der Waals surface area contributed by atoms with Crippen molar-refractivity contribution < 1.29 is 0 Å². The molecule has 2 heterocycles. The van der Waals surface area contributed by atoms with Crippen molar-refractivity contribution in [2.75, 3.05) is 0 Å². The first kappa shape index (κ1) is 16.2. The van der Waals surface area contributed by atoms with Crippen molar-refractivity contribution in [3.8, 4) is 11.3 Å². The molecule has 2 aromatic carbocycles. The minimum atomic E-state index is 0.363. The monoisotopic (exact) mass is 350 g/mol. The highest BCUT2D eigenvalue weighted by Gasteiger charge is 2.27. The molecule has 0 spiro atoms. The molecule has 0 bridgehead atoms. The number of pyridine rings is 2. The van der Waals surface area contributed by atoms with Gasteiger partial charge in [-0.15, -0.1) is 0 Å². The van der Waals surface area contributed by atoms with E-state index < -0.39 is 0 Å². The van der Waals surface area contributed by atoms with Crippen LogP contribution in [0.1, 0.15) is 40.3 Å². The fourth-order valence-corrected chi connectivity index (χ4v) is 4.35. The molecule has 1 unspecified atom stereocenters. The maximum absolute atomic E-state index is 5.18. The van der Waals surface area contributed by atoms with Crippen molar-refractivity contribution in [2.45, 2.75) is 32.6 Å². The number of aryl methyl sites for hydroxylation is 3. The van der Waals surface area contributed by atoms with E-state index in [1.165, 1.54) is 38.7 Å². The average molecular weight is 350 g/mol. The molecule has 2 heteroatoms. The van der Waals surface area contributed by atoms with E-state index in [9.17, 15) is 0 Å². The van der Waals surface area contributed by atoms with Crippen LogP contribution in [-0.2, 0) is 6.42 Å². The van der Waals surface area contributed by atoms with Gasteiger partial charge in [-0.25, -0.2) is 0 Å². The van der Waals surface area contributed by atoms with Crippen molar-refractivity contribution in [1.29, 1.82) is 0 Å². The molecule has 4 aromatic rings. The van der Waals surface area contributed by atoms with Crippen molar-refractivity contribution in [2.24, 2.45) is 0 Å². The Kier molecular flexibility index (Phi) is 3.78. The molecule has 1 aliphatic carbocycles. The highest BCUT2D eigenvalue weighted by Crippen LogP contribution is 2.41. The van der Waals surface area contributed by atoms with Gasteiger partial charge < -0.3 is 0 Å². The fourth-order valence-electron chi connectivity index (χ4n) is 4.35. The second-order valence-electron chi connectivity index (χ2n) is 7.65. The molecule has 2 aromatic heterocycles. The van der Waals surface area contributed by atoms with Gasteiger partial charge >= 0.3 is 0 Å². The largest absolute Gasteiger partial charge is 0.264 e. The molecule has 0 radical (unpaired) electrons. The number of rotatable bonds is 2. The maximum Gasteiger partial charge on any atom is 0.0727 e. The molecule has 0 N–H and O–H groups in total. The first-order valence-corrected chi connectivity index (χ1v) is 9.60. The molecule has 0 aliphatic heterocycles. The predicted octanol–water partition coefficient (Wildman–Crippen LogP) is 5.99. The lowest BCUT2D eigenvalue weighted by Gasteiger charge is -2.17. The van der Waals surface area contributed by atoms with E-state index in [1.807, 2.05) is 18.5 Å². The lowest BCUT2D eigenvalue weighted by molar-refractivity contribution is 0.770. The van der Waals surface area contributed by atoms with E-state index in [1.54, 1.807) is 0 Å². The van der Waals surface area contributed by atoms with Crippen LogP contribution in [0.2, 0.25) is 0 Å². The molecule has 5 rings (SSSR count). The van der Waals surface area contributed by atoms with Crippen LogP contribution in [-0.4, -0.2) is 9.97 Å². The van der Waals surface area contributed by atoms with E-state index in [-0.39, 0.29) is 0 Å². The van der Waals surface area contributed by atoms with Crippen LogP contribution in [0, 0.1) is 13.8 Å². The third-order valence-corrected chi connectivity index (χ3v) is 5.68. The molecule has 1 aliphatic rings. The molecular weight excluding hydrogens is 328 g/mol. The molecule has 2 nitrogen and oxygen atoms in total. The highest BCUT2D eigenvalue weighted by molar-refractivity contribution is 5.89. The summed E-state index contributed by atoms with van der Waals surface area (Å²) in [6.45, 7) is 4.33. The van der Waals surface area contributed by atoms with E-state index >= 15 is 0 Å². The minimum absolute atomic E-state index is 0.363. The zero-order valence-corrected chi connectivity index (χ0v) is 15.7. The highest BCUT2D eigenvalue weighted by atomic mass is 14.7. The smallest absolute Gasteiger partial charge is 0.0727 e. The molecule has 0 saturated heterocycles. The lowest BCUT2D eigenvalue weighted by atomic mass is 9.91. The zero-order valence-electron chi connectivity index (χ0n) is 15.7. The number of nitrogens with zero attached hydrogens (tertiary/aromatic N) is 2. The summed E-state index contributed by atoms with van der Waals surface area (Å²) in [4.78, 5) is 9.46. The lowest BCUT2D eigenvalue weighted by Crippen LogP contribution is -2.03. The van der Waals surface area contributed by atoms with Gasteiger partial charge in [0.15, 0.2) is 0 Å². The van der Waals surface area contributed by atoms with Crippen LogP contribution in [0.15, 0.2) is 67.0 Å². The second-order valence-corrected chi connectivity index (χ2v) is 7.65. The van der Waals surface area contributed by atoms with Crippen molar-refractivity contribution >= 4 is 10.8 Å². The van der Waals surface area contributed by atoms with Gasteiger partial charge in [0.25, 0.3) is 0 Å². The van der Waals surface area contributed by atoms with Crippen LogP contribution in [0.5, 0.6) is 0 Å². The van der Waals surface area contributed by atoms with Crippen LogP contribution in [0.25, 0.3) is 22.0 Å². The van der Waals surface area contributed by atoms with Gasteiger partial charge in [-0.1, -0.05) is 41.5 Å². The molecule has 1 atom stereocenters. The van der Waals surface area contributed by atoms with Crippen LogP contribution < -0.4 is 0 Å². The quantitative estimate of drug-likeness (QED) is 0.443. The molecule has 132 valence electrons. The standard InChI is InChI=1S/C25H22N2/c1-16-6-9-21-18(12-16)8-10-22(21)25-23-13-17(2)5-7-19(23)14-24(27-25)20-4-3-11-26-15-20/h3-7,9,11-15,22H,8,10H2,1-2H3. The van der Waals surface area contributed by atoms with Crippen LogP contribution in [0.3, 0.4) is 0 Å². The van der Waals surface area contributed by atoms with Gasteiger partial charge in [-0.2, -0.15) is 0 Å². The van der Waals surface area contributed by atoms with Gasteiger partial charge in [0.05, 0.1) is 11.4 Å². The molecule has 27 heavy (non-hydrogen) atoms. The Balaban J connectivity index is 1.75. The summed E-state index contributed by atoms with van der Waals surface area (Å²) in [6.07, 6.45) is 5.97. The van der Waals surface area contributed by atoms with Gasteiger partial charge in [-0.3, -0.25) is 9.97 Å². The number of hydrogen-bond donors (Lipinski definition) is 0. The van der Waals surface area contributed by atoms with Gasteiger partial charge in [0.2, 0.25) is 0 Å². The number of fused-ring (bicyclic) bond motifs is 2. The summed E-state index contributed by atoms with van der Waals surface area (Å²) in [7, 11) is 0. The summed E-state index contributed by atoms with van der Waals surface area (Å²) in [5.74, 6) is 0.363. The maximum atomic E-state index is 5.18. The van der Waals surface area contributed by atoms with Gasteiger partial charge in [0, 0.05) is 29.3 Å². The second kappa shape index (κ2) is 6.31. The Morgan fingerprint density at radius 1 is 0.926 bits per heavy atom. The summed E-state index contributed by atoms with van der Waals surface area (Å²) >= 11 is 0. The van der Waals surface area contributed by atoms with Crippen molar-refractivity contribution in [3.63, 3.8) is 0 Å². The number of aromatic nitrogens is 2. The van der Waals surface area contributed by atoms with E-state index in [0.717, 1.165) is 24.1 Å². The molecule has 0 amide bonds. The molecular formula is C25H22N2. The van der Waals surface area contributed by atoms with Crippen LogP contribution >= 0.6 is 0 Å². The average Bonchev–Trinajstić information content (AvgIpc) is 3.10. The van der Waals surface area contributed by atoms with E-state index in [0.29, 0.717) is 5.92 Å². The fraction of sp³-hybridized carbons (Fsp3) is 0.200. The first-order chi connectivity index (χ1) is 13.2. The Labute approximate surface area is 159 Å². The van der Waals surface area contributed by atoms with Crippen molar-refractivity contribution in [1.82, 2.24) is 9.97 Å². The van der Waals surface area contributed by atoms with Crippen LogP contribution in [0.4, 0.5) is 0 Å². The predicted molar refractivity (Wildman–Crippen MR) is 111 cm³/mol. The number of benzene rings is 2. The normalized spacial score (nSPS) is 15.9. The SMILES string of the molecule is Cc1ccc2c(c1)CCC2c1nc(-c2cccnc2)cc2ccc(C)cc12. The Hall–Kier alpha value is -3.00. The Morgan fingerprint density at radius 3 is 2.63 bits per heavy atom. The third-order valence-electron chi connectivity index (χ3n) is 5.68. The molecule has 0 fully saturated rings. The zero-order chi connectivity index (χ0) is 18.4.